The van der Waals surface area contributed by atoms with E-state index in [1.54, 1.807) is 0 Å². The number of quaternary nitrogens is 1. The highest BCUT2D eigenvalue weighted by atomic mass is 32.2. The first-order valence-electron chi connectivity index (χ1n) is 8.12. The monoisotopic (exact) mass is 328 g/mol. The van der Waals surface area contributed by atoms with Crippen LogP contribution in [-0.4, -0.2) is 32.5 Å². The van der Waals surface area contributed by atoms with Crippen LogP contribution in [0.4, 0.5) is 5.69 Å². The molecule has 0 spiro atoms. The summed E-state index contributed by atoms with van der Waals surface area (Å²) in [7, 11) is 1.93. The van der Waals surface area contributed by atoms with Crippen LogP contribution in [0.2, 0.25) is 0 Å². The van der Waals surface area contributed by atoms with Crippen molar-refractivity contribution in [2.75, 3.05) is 31.6 Å². The van der Waals surface area contributed by atoms with Crippen molar-refractivity contribution >= 4 is 23.2 Å². The Hall–Kier alpha value is -1.77. The Balaban J connectivity index is 1.80. The second kappa shape index (κ2) is 6.77. The molecule has 2 atom stereocenters. The Kier molecular flexibility index (Phi) is 4.74. The van der Waals surface area contributed by atoms with Gasteiger partial charge in [0.15, 0.2) is 0 Å². The largest absolute Gasteiger partial charge is 0.337 e. The molecule has 2 aliphatic heterocycles. The molecule has 1 N–H and O–H groups in total. The van der Waals surface area contributed by atoms with E-state index in [0.717, 1.165) is 28.7 Å². The summed E-state index contributed by atoms with van der Waals surface area (Å²) < 4.78 is 0. The van der Waals surface area contributed by atoms with Crippen molar-refractivity contribution in [2.45, 2.75) is 24.7 Å². The summed E-state index contributed by atoms with van der Waals surface area (Å²) in [6.07, 6.45) is 2.42. The number of benzene rings is 1. The van der Waals surface area contributed by atoms with Gasteiger partial charge in [-0.25, -0.2) is 0 Å². The summed E-state index contributed by atoms with van der Waals surface area (Å²) in [6, 6.07) is 10.2. The van der Waals surface area contributed by atoms with Crippen LogP contribution in [0.5, 0.6) is 0 Å². The maximum absolute atomic E-state index is 12.7. The van der Waals surface area contributed by atoms with Gasteiger partial charge >= 0.3 is 0 Å². The lowest BCUT2D eigenvalue weighted by Crippen LogP contribution is -3.14. The van der Waals surface area contributed by atoms with E-state index in [0.29, 0.717) is 18.0 Å². The highest BCUT2D eigenvalue weighted by Crippen LogP contribution is 2.45. The van der Waals surface area contributed by atoms with E-state index in [-0.39, 0.29) is 5.78 Å². The maximum atomic E-state index is 12.7. The Morgan fingerprint density at radius 1 is 1.48 bits per heavy atom. The minimum absolute atomic E-state index is 0.0289. The molecule has 4 nitrogen and oxygen atoms in total. The molecule has 2 heterocycles. The molecule has 0 aromatic heterocycles. The molecular formula is C18H22N3OS+. The number of ketones is 1. The molecule has 2 aliphatic rings. The first-order valence-corrected chi connectivity index (χ1v) is 8.93. The van der Waals surface area contributed by atoms with Crippen LogP contribution in [0.25, 0.3) is 0 Å². The van der Waals surface area contributed by atoms with Crippen LogP contribution in [0.3, 0.4) is 0 Å². The molecule has 1 unspecified atom stereocenters. The zero-order valence-corrected chi connectivity index (χ0v) is 14.4. The number of hydrogen-bond donors (Lipinski definition) is 1. The number of carbonyl (C=O) groups is 1. The third kappa shape index (κ3) is 3.29. The number of Topliss-reactive ketones (excluding diaryl/α,β-unsaturated/α-hetero) is 1. The lowest BCUT2D eigenvalue weighted by atomic mass is 10.00. The second-order valence-corrected chi connectivity index (χ2v) is 7.50. The molecule has 1 saturated heterocycles. The fourth-order valence-corrected chi connectivity index (χ4v) is 4.59. The van der Waals surface area contributed by atoms with E-state index in [2.05, 4.69) is 13.0 Å². The molecule has 120 valence electrons. The Bertz CT molecular complexity index is 692. The van der Waals surface area contributed by atoms with E-state index in [1.807, 2.05) is 36.2 Å². The highest BCUT2D eigenvalue weighted by Gasteiger charge is 2.30. The first-order chi connectivity index (χ1) is 11.1. The van der Waals surface area contributed by atoms with E-state index in [9.17, 15) is 10.1 Å². The van der Waals surface area contributed by atoms with Crippen molar-refractivity contribution < 1.29 is 9.69 Å². The van der Waals surface area contributed by atoms with Gasteiger partial charge in [-0.3, -0.25) is 4.79 Å². The van der Waals surface area contributed by atoms with Crippen LogP contribution in [0.1, 0.15) is 19.8 Å². The number of anilines is 1. The SMILES string of the molecule is C[C@H]1CCC[NH+](CC(=O)/C(C#N)=C2\Sc3ccccc3N2C)C1. The van der Waals surface area contributed by atoms with Crippen molar-refractivity contribution in [3.05, 3.63) is 34.9 Å². The molecule has 1 fully saturated rings. The van der Waals surface area contributed by atoms with Crippen LogP contribution in [0, 0.1) is 17.2 Å². The lowest BCUT2D eigenvalue weighted by Gasteiger charge is -2.27. The number of carbonyl (C=O) groups excluding carboxylic acids is 1. The molecule has 0 radical (unpaired) electrons. The molecule has 0 aliphatic carbocycles. The second-order valence-electron chi connectivity index (χ2n) is 6.47. The van der Waals surface area contributed by atoms with Gasteiger partial charge in [0.1, 0.15) is 23.2 Å². The normalized spacial score (nSPS) is 25.7. The van der Waals surface area contributed by atoms with Gasteiger partial charge in [0.25, 0.3) is 0 Å². The number of nitrogens with zero attached hydrogens (tertiary/aromatic N) is 2. The van der Waals surface area contributed by atoms with Crippen LogP contribution in [-0.2, 0) is 4.79 Å². The lowest BCUT2D eigenvalue weighted by molar-refractivity contribution is -0.900. The molecule has 23 heavy (non-hydrogen) atoms. The van der Waals surface area contributed by atoms with Gasteiger partial charge in [0.05, 0.1) is 18.8 Å². The Morgan fingerprint density at radius 2 is 2.26 bits per heavy atom. The number of likely N-dealkylation sites (tertiary alicyclic amines) is 1. The van der Waals surface area contributed by atoms with Gasteiger partial charge in [-0.05, 0) is 25.0 Å². The molecule has 1 aromatic carbocycles. The standard InChI is InChI=1S/C18H21N3OS/c1-13-6-5-9-21(11-13)12-16(22)14(10-19)18-20(2)15-7-3-4-8-17(15)23-18/h3-4,7-8,13H,5-6,9,11-12H2,1-2H3/p+1/b18-14-/t13-/m0/s1. The fourth-order valence-electron chi connectivity index (χ4n) is 3.42. The Labute approximate surface area is 141 Å². The number of hydrogen-bond acceptors (Lipinski definition) is 4. The van der Waals surface area contributed by atoms with Crippen molar-refractivity contribution in [3.8, 4) is 6.07 Å². The minimum atomic E-state index is -0.0289. The summed E-state index contributed by atoms with van der Waals surface area (Å²) in [4.78, 5) is 17.1. The number of thioether (sulfide) groups is 1. The van der Waals surface area contributed by atoms with Gasteiger partial charge in [-0.15, -0.1) is 0 Å². The number of fused-ring (bicyclic) bond motifs is 1. The van der Waals surface area contributed by atoms with Gasteiger partial charge in [-0.2, -0.15) is 5.26 Å². The molecule has 0 bridgehead atoms. The average molecular weight is 328 g/mol. The van der Waals surface area contributed by atoms with E-state index < -0.39 is 0 Å². The number of nitriles is 1. The van der Waals surface area contributed by atoms with Crippen molar-refractivity contribution in [1.82, 2.24) is 0 Å². The van der Waals surface area contributed by atoms with Crippen molar-refractivity contribution in [2.24, 2.45) is 5.92 Å². The number of piperidine rings is 1. The maximum Gasteiger partial charge on any atom is 0.230 e. The summed E-state index contributed by atoms with van der Waals surface area (Å²) in [5, 5.41) is 10.3. The van der Waals surface area contributed by atoms with Gasteiger partial charge in [0.2, 0.25) is 5.78 Å². The van der Waals surface area contributed by atoms with Crippen molar-refractivity contribution in [1.29, 1.82) is 5.26 Å². The number of rotatable bonds is 3. The predicted octanol–water partition coefficient (Wildman–Crippen LogP) is 1.85. The summed E-state index contributed by atoms with van der Waals surface area (Å²) in [5.41, 5.74) is 1.37. The highest BCUT2D eigenvalue weighted by molar-refractivity contribution is 8.03. The number of nitrogens with one attached hydrogen (secondary N) is 1. The molecule has 5 heteroatoms. The average Bonchev–Trinajstić information content (AvgIpc) is 2.86. The van der Waals surface area contributed by atoms with Crippen LogP contribution >= 0.6 is 11.8 Å². The predicted molar refractivity (Wildman–Crippen MR) is 92.3 cm³/mol. The van der Waals surface area contributed by atoms with E-state index >= 15 is 0 Å². The summed E-state index contributed by atoms with van der Waals surface area (Å²) >= 11 is 1.52. The summed E-state index contributed by atoms with van der Waals surface area (Å²) in [6.45, 7) is 4.74. The zero-order valence-electron chi connectivity index (χ0n) is 13.6. The van der Waals surface area contributed by atoms with Gasteiger partial charge in [-0.1, -0.05) is 30.8 Å². The Morgan fingerprint density at radius 3 is 2.96 bits per heavy atom. The fraction of sp³-hybridized carbons (Fsp3) is 0.444. The number of para-hydroxylation sites is 1. The third-order valence-corrected chi connectivity index (χ3v) is 5.85. The van der Waals surface area contributed by atoms with Crippen LogP contribution in [0.15, 0.2) is 39.8 Å². The van der Waals surface area contributed by atoms with Crippen LogP contribution < -0.4 is 9.80 Å². The quantitative estimate of drug-likeness (QED) is 0.679. The first kappa shape index (κ1) is 16.1. The third-order valence-electron chi connectivity index (χ3n) is 4.62. The smallest absolute Gasteiger partial charge is 0.230 e. The van der Waals surface area contributed by atoms with Crippen molar-refractivity contribution in [3.63, 3.8) is 0 Å². The minimum Gasteiger partial charge on any atom is -0.337 e. The molecule has 0 amide bonds. The van der Waals surface area contributed by atoms with Gasteiger partial charge < -0.3 is 9.80 Å². The molecule has 1 aromatic rings. The summed E-state index contributed by atoms with van der Waals surface area (Å²) in [5.74, 6) is 0.635. The topological polar surface area (TPSA) is 48.5 Å². The van der Waals surface area contributed by atoms with E-state index in [4.69, 9.17) is 0 Å². The molecule has 0 saturated carbocycles. The van der Waals surface area contributed by atoms with Gasteiger partial charge in [0, 0.05) is 17.9 Å². The van der Waals surface area contributed by atoms with E-state index in [1.165, 1.54) is 29.5 Å². The zero-order chi connectivity index (χ0) is 16.4. The molecular weight excluding hydrogens is 306 g/mol. The molecule has 3 rings (SSSR count).